The minimum Gasteiger partial charge on any atom is -0.459 e. The molecule has 0 amide bonds. The Morgan fingerprint density at radius 2 is 2.00 bits per heavy atom. The van der Waals surface area contributed by atoms with Gasteiger partial charge in [-0.3, -0.25) is 0 Å². The largest absolute Gasteiger partial charge is 0.459 e. The fourth-order valence-electron chi connectivity index (χ4n) is 0.987. The first-order valence-electron chi connectivity index (χ1n) is 4.60. The van der Waals surface area contributed by atoms with E-state index in [9.17, 15) is 13.2 Å². The third-order valence-electron chi connectivity index (χ3n) is 1.62. The van der Waals surface area contributed by atoms with Crippen LogP contribution in [0.2, 0.25) is 0 Å². The van der Waals surface area contributed by atoms with Crippen molar-refractivity contribution in [3.05, 3.63) is 10.6 Å². The second-order valence-electron chi connectivity index (χ2n) is 3.62. The molecule has 0 aliphatic rings. The van der Waals surface area contributed by atoms with Crippen molar-refractivity contribution in [3.8, 4) is 0 Å². The number of hydrogen-bond acceptors (Lipinski definition) is 6. The summed E-state index contributed by atoms with van der Waals surface area (Å²) in [6.45, 7) is 5.04. The SMILES string of the molecule is Cc1nc(S(C)(=O)=O)sc1C(=O)OC(C)C. The van der Waals surface area contributed by atoms with Crippen molar-refractivity contribution in [3.63, 3.8) is 0 Å². The topological polar surface area (TPSA) is 73.3 Å². The highest BCUT2D eigenvalue weighted by atomic mass is 32.2. The Hall–Kier alpha value is -0.950. The number of thiazole rings is 1. The van der Waals surface area contributed by atoms with Crippen LogP contribution >= 0.6 is 11.3 Å². The van der Waals surface area contributed by atoms with E-state index >= 15 is 0 Å². The molecular weight excluding hydrogens is 250 g/mol. The zero-order valence-corrected chi connectivity index (χ0v) is 11.1. The van der Waals surface area contributed by atoms with Gasteiger partial charge in [0.15, 0.2) is 0 Å². The molecule has 1 aromatic heterocycles. The number of aryl methyl sites for hydroxylation is 1. The molecule has 0 aliphatic heterocycles. The number of sulfone groups is 1. The van der Waals surface area contributed by atoms with Crippen molar-refractivity contribution in [1.82, 2.24) is 4.98 Å². The lowest BCUT2D eigenvalue weighted by atomic mass is 10.4. The Balaban J connectivity index is 3.08. The van der Waals surface area contributed by atoms with Crippen LogP contribution in [0.25, 0.3) is 0 Å². The molecule has 0 aromatic carbocycles. The van der Waals surface area contributed by atoms with Gasteiger partial charge in [-0.25, -0.2) is 18.2 Å². The van der Waals surface area contributed by atoms with E-state index in [4.69, 9.17) is 4.74 Å². The number of carbonyl (C=O) groups is 1. The summed E-state index contributed by atoms with van der Waals surface area (Å²) in [6.07, 6.45) is 0.818. The predicted octanol–water partition coefficient (Wildman–Crippen LogP) is 1.42. The zero-order chi connectivity index (χ0) is 12.5. The second-order valence-corrected chi connectivity index (χ2v) is 6.81. The van der Waals surface area contributed by atoms with E-state index in [1.54, 1.807) is 20.8 Å². The van der Waals surface area contributed by atoms with Gasteiger partial charge in [0, 0.05) is 6.26 Å². The summed E-state index contributed by atoms with van der Waals surface area (Å²) in [4.78, 5) is 15.7. The van der Waals surface area contributed by atoms with Crippen LogP contribution in [0.1, 0.15) is 29.2 Å². The summed E-state index contributed by atoms with van der Waals surface area (Å²) in [5.41, 5.74) is 0.385. The Labute approximate surface area is 98.4 Å². The van der Waals surface area contributed by atoms with Crippen molar-refractivity contribution in [2.75, 3.05) is 6.26 Å². The molecule has 90 valence electrons. The summed E-state index contributed by atoms with van der Waals surface area (Å²) >= 11 is 0.843. The monoisotopic (exact) mass is 263 g/mol. The van der Waals surface area contributed by atoms with Gasteiger partial charge in [0.05, 0.1) is 11.8 Å². The van der Waals surface area contributed by atoms with Crippen molar-refractivity contribution >= 4 is 27.1 Å². The van der Waals surface area contributed by atoms with E-state index in [0.29, 0.717) is 5.69 Å². The maximum atomic E-state index is 11.6. The van der Waals surface area contributed by atoms with Crippen molar-refractivity contribution in [1.29, 1.82) is 0 Å². The second kappa shape index (κ2) is 4.50. The number of hydrogen-bond donors (Lipinski definition) is 0. The molecule has 1 rings (SSSR count). The molecule has 0 unspecified atom stereocenters. The lowest BCUT2D eigenvalue weighted by Gasteiger charge is -2.05. The molecular formula is C9H13NO4S2. The molecule has 0 fully saturated rings. The summed E-state index contributed by atoms with van der Waals surface area (Å²) in [6, 6.07) is 0. The first-order chi connectivity index (χ1) is 7.21. The van der Waals surface area contributed by atoms with Gasteiger partial charge in [-0.15, -0.1) is 0 Å². The van der Waals surface area contributed by atoms with Crippen LogP contribution in [0, 0.1) is 6.92 Å². The molecule has 0 N–H and O–H groups in total. The van der Waals surface area contributed by atoms with Crippen LogP contribution in [0.4, 0.5) is 0 Å². The van der Waals surface area contributed by atoms with Gasteiger partial charge < -0.3 is 4.74 Å². The highest BCUT2D eigenvalue weighted by Gasteiger charge is 2.21. The van der Waals surface area contributed by atoms with Crippen molar-refractivity contribution in [2.45, 2.75) is 31.2 Å². The Kier molecular flexibility index (Phi) is 3.69. The van der Waals surface area contributed by atoms with E-state index in [0.717, 1.165) is 17.6 Å². The fraction of sp³-hybridized carbons (Fsp3) is 0.556. The maximum Gasteiger partial charge on any atom is 0.350 e. The third-order valence-corrected chi connectivity index (χ3v) is 4.44. The van der Waals surface area contributed by atoms with Gasteiger partial charge in [0.2, 0.25) is 14.2 Å². The molecule has 1 heterocycles. The third kappa shape index (κ3) is 3.02. The zero-order valence-electron chi connectivity index (χ0n) is 9.47. The lowest BCUT2D eigenvalue weighted by molar-refractivity contribution is 0.0382. The smallest absolute Gasteiger partial charge is 0.350 e. The van der Waals surface area contributed by atoms with Crippen molar-refractivity contribution in [2.24, 2.45) is 0 Å². The molecule has 0 bridgehead atoms. The molecule has 0 aliphatic carbocycles. The molecule has 0 saturated carbocycles. The average Bonchev–Trinajstić information content (AvgIpc) is 2.44. The Morgan fingerprint density at radius 1 is 1.44 bits per heavy atom. The first kappa shape index (κ1) is 13.1. The number of esters is 1. The van der Waals surface area contributed by atoms with Crippen LogP contribution in [0.5, 0.6) is 0 Å². The van der Waals surface area contributed by atoms with Crippen LogP contribution in [-0.4, -0.2) is 31.7 Å². The number of nitrogens with zero attached hydrogens (tertiary/aromatic N) is 1. The van der Waals surface area contributed by atoms with E-state index in [1.165, 1.54) is 0 Å². The minimum absolute atomic E-state index is 0.0549. The highest BCUT2D eigenvalue weighted by Crippen LogP contribution is 2.23. The van der Waals surface area contributed by atoms with Gasteiger partial charge in [0.25, 0.3) is 0 Å². The van der Waals surface area contributed by atoms with E-state index in [-0.39, 0.29) is 15.3 Å². The summed E-state index contributed by atoms with van der Waals surface area (Å²) < 4.78 is 27.4. The quantitative estimate of drug-likeness (QED) is 0.771. The van der Waals surface area contributed by atoms with Crippen LogP contribution in [0.15, 0.2) is 4.34 Å². The minimum atomic E-state index is -3.37. The molecule has 0 atom stereocenters. The van der Waals surface area contributed by atoms with Gasteiger partial charge in [-0.2, -0.15) is 0 Å². The fourth-order valence-corrected chi connectivity index (χ4v) is 2.83. The molecule has 0 radical (unpaired) electrons. The first-order valence-corrected chi connectivity index (χ1v) is 7.31. The van der Waals surface area contributed by atoms with E-state index < -0.39 is 15.8 Å². The molecule has 1 aromatic rings. The van der Waals surface area contributed by atoms with Gasteiger partial charge >= 0.3 is 5.97 Å². The molecule has 16 heavy (non-hydrogen) atoms. The summed E-state index contributed by atoms with van der Waals surface area (Å²) in [5, 5.41) is 0. The molecule has 0 spiro atoms. The van der Waals surface area contributed by atoms with E-state index in [1.807, 2.05) is 0 Å². The van der Waals surface area contributed by atoms with Gasteiger partial charge in [-0.05, 0) is 20.8 Å². The molecule has 0 saturated heterocycles. The normalized spacial score (nSPS) is 11.8. The number of aromatic nitrogens is 1. The standard InChI is InChI=1S/C9H13NO4S2/c1-5(2)14-8(11)7-6(3)10-9(15-7)16(4,12)13/h5H,1-4H3. The van der Waals surface area contributed by atoms with Crippen LogP contribution in [-0.2, 0) is 14.6 Å². The lowest BCUT2D eigenvalue weighted by Crippen LogP contribution is -2.11. The average molecular weight is 263 g/mol. The van der Waals surface area contributed by atoms with Crippen LogP contribution in [0.3, 0.4) is 0 Å². The molecule has 5 nitrogen and oxygen atoms in total. The highest BCUT2D eigenvalue weighted by molar-refractivity contribution is 7.92. The Bertz CT molecular complexity index is 502. The molecule has 7 heteroatoms. The summed E-state index contributed by atoms with van der Waals surface area (Å²) in [5.74, 6) is -0.528. The van der Waals surface area contributed by atoms with Crippen LogP contribution < -0.4 is 0 Å². The van der Waals surface area contributed by atoms with Crippen molar-refractivity contribution < 1.29 is 17.9 Å². The van der Waals surface area contributed by atoms with Gasteiger partial charge in [0.1, 0.15) is 4.88 Å². The van der Waals surface area contributed by atoms with Gasteiger partial charge in [-0.1, -0.05) is 11.3 Å². The summed E-state index contributed by atoms with van der Waals surface area (Å²) in [7, 11) is -3.37. The van der Waals surface area contributed by atoms with E-state index in [2.05, 4.69) is 4.98 Å². The Morgan fingerprint density at radius 3 is 2.38 bits per heavy atom. The number of carbonyl (C=O) groups excluding carboxylic acids is 1. The number of ether oxygens (including phenoxy) is 1. The number of rotatable bonds is 3. The predicted molar refractivity (Wildman–Crippen MR) is 60.5 cm³/mol. The maximum absolute atomic E-state index is 11.6.